The van der Waals surface area contributed by atoms with E-state index in [0.29, 0.717) is 16.7 Å². The summed E-state index contributed by atoms with van der Waals surface area (Å²) < 4.78 is 40.5. The summed E-state index contributed by atoms with van der Waals surface area (Å²) in [5.74, 6) is -1.41. The van der Waals surface area contributed by atoms with Gasteiger partial charge in [-0.3, -0.25) is 9.78 Å². The molecule has 2 aromatic rings. The van der Waals surface area contributed by atoms with E-state index in [4.69, 9.17) is 5.11 Å². The third-order valence-corrected chi connectivity index (χ3v) is 2.63. The fourth-order valence-corrected chi connectivity index (χ4v) is 1.86. The number of carboxylic acids is 1. The molecule has 0 radical (unpaired) electrons. The van der Waals surface area contributed by atoms with Crippen molar-refractivity contribution in [3.05, 3.63) is 48.3 Å². The molecule has 0 amide bonds. The molecule has 0 atom stereocenters. The number of pyridine rings is 1. The molecule has 0 saturated carbocycles. The van der Waals surface area contributed by atoms with Crippen LogP contribution in [-0.2, 0) is 11.2 Å². The Morgan fingerprint density at radius 1 is 1.29 bits per heavy atom. The molecule has 0 aliphatic carbocycles. The highest BCUT2D eigenvalue weighted by molar-refractivity contribution is 5.76. The Balaban J connectivity index is 2.38. The van der Waals surface area contributed by atoms with E-state index in [0.717, 1.165) is 0 Å². The predicted molar refractivity (Wildman–Crippen MR) is 67.7 cm³/mol. The van der Waals surface area contributed by atoms with Gasteiger partial charge in [-0.1, -0.05) is 12.1 Å². The van der Waals surface area contributed by atoms with Crippen LogP contribution in [0, 0.1) is 0 Å². The van der Waals surface area contributed by atoms with Crippen LogP contribution in [0.3, 0.4) is 0 Å². The zero-order valence-corrected chi connectivity index (χ0v) is 10.6. The normalized spacial score (nSPS) is 11.2. The van der Waals surface area contributed by atoms with Gasteiger partial charge in [-0.2, -0.15) is 0 Å². The van der Waals surface area contributed by atoms with E-state index in [-0.39, 0.29) is 12.2 Å². The summed E-state index contributed by atoms with van der Waals surface area (Å²) in [5.41, 5.74) is 1.32. The van der Waals surface area contributed by atoms with Crippen molar-refractivity contribution in [1.82, 2.24) is 4.98 Å². The van der Waals surface area contributed by atoms with E-state index < -0.39 is 12.3 Å². The highest BCUT2D eigenvalue weighted by atomic mass is 19.4. The molecule has 0 unspecified atom stereocenters. The molecule has 4 nitrogen and oxygen atoms in total. The van der Waals surface area contributed by atoms with E-state index in [2.05, 4.69) is 9.72 Å². The molecule has 21 heavy (non-hydrogen) atoms. The molecule has 110 valence electrons. The number of aromatic nitrogens is 1. The predicted octanol–water partition coefficient (Wildman–Crippen LogP) is 3.27. The van der Waals surface area contributed by atoms with Gasteiger partial charge in [-0.25, -0.2) is 0 Å². The van der Waals surface area contributed by atoms with Gasteiger partial charge in [0.15, 0.2) is 0 Å². The molecule has 0 aliphatic rings. The highest BCUT2D eigenvalue weighted by Crippen LogP contribution is 2.29. The summed E-state index contributed by atoms with van der Waals surface area (Å²) in [6.07, 6.45) is -2.19. The maximum Gasteiger partial charge on any atom is 0.573 e. The highest BCUT2D eigenvalue weighted by Gasteiger charge is 2.31. The van der Waals surface area contributed by atoms with Gasteiger partial charge in [0, 0.05) is 18.0 Å². The van der Waals surface area contributed by atoms with Crippen LogP contribution < -0.4 is 4.74 Å². The lowest BCUT2D eigenvalue weighted by Gasteiger charge is -2.11. The van der Waals surface area contributed by atoms with Gasteiger partial charge in [-0.05, 0) is 29.3 Å². The van der Waals surface area contributed by atoms with Gasteiger partial charge >= 0.3 is 12.3 Å². The minimum Gasteiger partial charge on any atom is -0.481 e. The van der Waals surface area contributed by atoms with Gasteiger partial charge in [0.25, 0.3) is 0 Å². The summed E-state index contributed by atoms with van der Waals surface area (Å²) in [5, 5.41) is 8.85. The Morgan fingerprint density at radius 2 is 2.05 bits per heavy atom. The Morgan fingerprint density at radius 3 is 2.71 bits per heavy atom. The number of halogens is 3. The Labute approximate surface area is 117 Å². The first-order chi connectivity index (χ1) is 9.85. The largest absolute Gasteiger partial charge is 0.573 e. The molecule has 1 aromatic heterocycles. The second-order valence-corrected chi connectivity index (χ2v) is 4.18. The molecule has 0 spiro atoms. The monoisotopic (exact) mass is 297 g/mol. The van der Waals surface area contributed by atoms with Crippen molar-refractivity contribution in [2.45, 2.75) is 12.8 Å². The van der Waals surface area contributed by atoms with Crippen LogP contribution in [0.2, 0.25) is 0 Å². The van der Waals surface area contributed by atoms with Crippen LogP contribution in [0.15, 0.2) is 42.7 Å². The average molecular weight is 297 g/mol. The Bertz CT molecular complexity index is 656. The van der Waals surface area contributed by atoms with Crippen LogP contribution in [0.25, 0.3) is 11.1 Å². The van der Waals surface area contributed by atoms with Crippen LogP contribution in [0.4, 0.5) is 13.2 Å². The number of alkyl halides is 3. The molecule has 0 bridgehead atoms. The quantitative estimate of drug-likeness (QED) is 0.941. The fourth-order valence-electron chi connectivity index (χ4n) is 1.86. The number of ether oxygens (including phenoxy) is 1. The van der Waals surface area contributed by atoms with Gasteiger partial charge in [0.1, 0.15) is 5.75 Å². The van der Waals surface area contributed by atoms with Gasteiger partial charge in [0.2, 0.25) is 0 Å². The number of rotatable bonds is 4. The summed E-state index contributed by atoms with van der Waals surface area (Å²) in [7, 11) is 0. The smallest absolute Gasteiger partial charge is 0.481 e. The lowest BCUT2D eigenvalue weighted by molar-refractivity contribution is -0.274. The number of carbonyl (C=O) groups is 1. The van der Waals surface area contributed by atoms with E-state index in [1.807, 2.05) is 0 Å². The van der Waals surface area contributed by atoms with Crippen molar-refractivity contribution in [3.8, 4) is 16.9 Å². The first kappa shape index (κ1) is 14.8. The first-order valence-electron chi connectivity index (χ1n) is 5.86. The fraction of sp³-hybridized carbons (Fsp3) is 0.143. The number of hydrogen-bond acceptors (Lipinski definition) is 3. The topological polar surface area (TPSA) is 59.4 Å². The molecule has 1 N–H and O–H groups in total. The lowest BCUT2D eigenvalue weighted by Crippen LogP contribution is -2.17. The zero-order valence-electron chi connectivity index (χ0n) is 10.6. The number of carboxylic acid groups (broad SMARTS) is 1. The van der Waals surface area contributed by atoms with Crippen LogP contribution in [0.1, 0.15) is 5.56 Å². The van der Waals surface area contributed by atoms with Crippen molar-refractivity contribution >= 4 is 5.97 Å². The molecular weight excluding hydrogens is 287 g/mol. The summed E-state index contributed by atoms with van der Waals surface area (Å²) in [6.45, 7) is 0. The second kappa shape index (κ2) is 5.82. The van der Waals surface area contributed by atoms with Gasteiger partial charge < -0.3 is 9.84 Å². The second-order valence-electron chi connectivity index (χ2n) is 4.18. The molecule has 0 fully saturated rings. The third-order valence-electron chi connectivity index (χ3n) is 2.63. The van der Waals surface area contributed by atoms with Crippen LogP contribution in [-0.4, -0.2) is 22.4 Å². The zero-order chi connectivity index (χ0) is 15.5. The van der Waals surface area contributed by atoms with Crippen molar-refractivity contribution in [1.29, 1.82) is 0 Å². The first-order valence-corrected chi connectivity index (χ1v) is 5.86. The maximum absolute atomic E-state index is 12.2. The Hall–Kier alpha value is -2.57. The van der Waals surface area contributed by atoms with Crippen LogP contribution in [0.5, 0.6) is 5.75 Å². The Kier molecular flexibility index (Phi) is 4.11. The summed E-state index contributed by atoms with van der Waals surface area (Å²) in [6, 6.07) is 6.83. The lowest BCUT2D eigenvalue weighted by atomic mass is 10.00. The van der Waals surface area contributed by atoms with E-state index >= 15 is 0 Å². The molecule has 7 heteroatoms. The van der Waals surface area contributed by atoms with E-state index in [9.17, 15) is 18.0 Å². The van der Waals surface area contributed by atoms with E-state index in [1.54, 1.807) is 6.07 Å². The molecule has 2 rings (SSSR count). The summed E-state index contributed by atoms with van der Waals surface area (Å²) >= 11 is 0. The molecule has 0 aliphatic heterocycles. The minimum atomic E-state index is -4.78. The van der Waals surface area contributed by atoms with Crippen molar-refractivity contribution < 1.29 is 27.8 Å². The molecular formula is C14H10F3NO3. The molecule has 0 saturated heterocycles. The number of hydrogen-bond donors (Lipinski definition) is 1. The summed E-state index contributed by atoms with van der Waals surface area (Å²) in [4.78, 5) is 14.7. The number of nitrogens with zero attached hydrogens (tertiary/aromatic N) is 1. The molecule has 1 aromatic carbocycles. The minimum absolute atomic E-state index is 0.248. The molecule has 1 heterocycles. The third kappa shape index (κ3) is 4.20. The number of aliphatic carboxylic acids is 1. The van der Waals surface area contributed by atoms with Gasteiger partial charge in [-0.15, -0.1) is 13.2 Å². The van der Waals surface area contributed by atoms with Crippen molar-refractivity contribution in [2.24, 2.45) is 0 Å². The number of benzene rings is 1. The van der Waals surface area contributed by atoms with Crippen molar-refractivity contribution in [3.63, 3.8) is 0 Å². The standard InChI is InChI=1S/C14H10F3NO3/c15-14(16,17)21-11-3-1-2-9(6-11)12-8-18-5-4-10(12)7-13(19)20/h1-6,8H,7H2,(H,19,20). The van der Waals surface area contributed by atoms with Gasteiger partial charge in [0.05, 0.1) is 6.42 Å². The van der Waals surface area contributed by atoms with Crippen molar-refractivity contribution in [2.75, 3.05) is 0 Å². The SMILES string of the molecule is O=C(O)Cc1ccncc1-c1cccc(OC(F)(F)F)c1. The van der Waals surface area contributed by atoms with Crippen LogP contribution >= 0.6 is 0 Å². The average Bonchev–Trinajstić information content (AvgIpc) is 2.37. The maximum atomic E-state index is 12.2. The van der Waals surface area contributed by atoms with E-state index in [1.165, 1.54) is 36.7 Å².